The van der Waals surface area contributed by atoms with E-state index in [1.165, 1.54) is 25.4 Å². The first-order chi connectivity index (χ1) is 8.67. The predicted molar refractivity (Wildman–Crippen MR) is 62.6 cm³/mol. The topological polar surface area (TPSA) is 69.0 Å². The minimum atomic E-state index is -0.357. The van der Waals surface area contributed by atoms with E-state index in [0.29, 0.717) is 12.3 Å². The minimum Gasteiger partial charge on any atom is -0.469 e. The second kappa shape index (κ2) is 7.50. The van der Waals surface area contributed by atoms with Crippen molar-refractivity contribution in [3.05, 3.63) is 24.2 Å². The quantitative estimate of drug-likeness (QED) is 0.675. The van der Waals surface area contributed by atoms with Crippen molar-refractivity contribution >= 4 is 11.9 Å². The van der Waals surface area contributed by atoms with Crippen molar-refractivity contribution in [3.63, 3.8) is 0 Å². The maximum atomic E-state index is 11.8. The Labute approximate surface area is 105 Å². The number of hydrogen-bond donors (Lipinski definition) is 0. The molecule has 0 aliphatic heterocycles. The number of methoxy groups -OCH3 is 2. The van der Waals surface area contributed by atoms with E-state index >= 15 is 0 Å². The molecular formula is C12H17NO5. The summed E-state index contributed by atoms with van der Waals surface area (Å²) in [4.78, 5) is 24.4. The normalized spacial score (nSPS) is 10.1. The lowest BCUT2D eigenvalue weighted by atomic mass is 10.3. The summed E-state index contributed by atoms with van der Waals surface area (Å²) in [6.07, 6.45) is 1.68. The Balaban J connectivity index is 2.57. The molecule has 0 saturated heterocycles. The van der Waals surface area contributed by atoms with Crippen LogP contribution in [0, 0.1) is 0 Å². The molecule has 0 spiro atoms. The molecule has 1 amide bonds. The van der Waals surface area contributed by atoms with E-state index in [1.807, 2.05) is 0 Å². The van der Waals surface area contributed by atoms with Crippen LogP contribution in [0.2, 0.25) is 0 Å². The van der Waals surface area contributed by atoms with Crippen molar-refractivity contribution in [2.75, 3.05) is 27.4 Å². The van der Waals surface area contributed by atoms with Crippen LogP contribution in [0.3, 0.4) is 0 Å². The molecule has 1 rings (SSSR count). The highest BCUT2D eigenvalue weighted by atomic mass is 16.5. The summed E-state index contributed by atoms with van der Waals surface area (Å²) in [6.45, 7) is 0.559. The van der Waals surface area contributed by atoms with Crippen LogP contribution < -0.4 is 0 Å². The van der Waals surface area contributed by atoms with Gasteiger partial charge in [-0.25, -0.2) is 0 Å². The van der Waals surface area contributed by atoms with Crippen LogP contribution in [0.4, 0.5) is 0 Å². The zero-order valence-electron chi connectivity index (χ0n) is 10.5. The first-order valence-corrected chi connectivity index (χ1v) is 5.53. The van der Waals surface area contributed by atoms with Crippen LogP contribution in [0.25, 0.3) is 0 Å². The van der Waals surface area contributed by atoms with Gasteiger partial charge in [-0.3, -0.25) is 9.59 Å². The fourth-order valence-electron chi connectivity index (χ4n) is 1.43. The summed E-state index contributed by atoms with van der Waals surface area (Å²) in [5.74, 6) is 0.104. The molecule has 0 aromatic carbocycles. The Hall–Kier alpha value is -1.82. The molecule has 100 valence electrons. The third-order valence-corrected chi connectivity index (χ3v) is 2.36. The van der Waals surface area contributed by atoms with E-state index in [9.17, 15) is 9.59 Å². The van der Waals surface area contributed by atoms with Gasteiger partial charge in [0.15, 0.2) is 0 Å². The molecule has 0 saturated carbocycles. The molecule has 18 heavy (non-hydrogen) atoms. The summed E-state index contributed by atoms with van der Waals surface area (Å²) in [6, 6.07) is 3.51. The number of ether oxygens (including phenoxy) is 2. The molecule has 0 unspecified atom stereocenters. The molecule has 0 N–H and O–H groups in total. The largest absolute Gasteiger partial charge is 0.469 e. The van der Waals surface area contributed by atoms with Crippen molar-refractivity contribution in [2.24, 2.45) is 0 Å². The Morgan fingerprint density at radius 2 is 2.17 bits per heavy atom. The van der Waals surface area contributed by atoms with Crippen LogP contribution in [0.1, 0.15) is 12.2 Å². The van der Waals surface area contributed by atoms with Gasteiger partial charge in [-0.1, -0.05) is 0 Å². The highest BCUT2D eigenvalue weighted by Crippen LogP contribution is 2.07. The fourth-order valence-corrected chi connectivity index (χ4v) is 1.43. The lowest BCUT2D eigenvalue weighted by Crippen LogP contribution is -2.35. The lowest BCUT2D eigenvalue weighted by Gasteiger charge is -2.20. The van der Waals surface area contributed by atoms with E-state index < -0.39 is 0 Å². The molecule has 1 heterocycles. The van der Waals surface area contributed by atoms with Crippen molar-refractivity contribution < 1.29 is 23.5 Å². The van der Waals surface area contributed by atoms with Gasteiger partial charge in [-0.2, -0.15) is 0 Å². The molecular weight excluding hydrogens is 238 g/mol. The molecule has 0 bridgehead atoms. The average Bonchev–Trinajstić information content (AvgIpc) is 2.87. The van der Waals surface area contributed by atoms with Gasteiger partial charge in [0.05, 0.1) is 26.3 Å². The number of esters is 1. The molecule has 0 radical (unpaired) electrons. The number of hydrogen-bond acceptors (Lipinski definition) is 5. The van der Waals surface area contributed by atoms with Gasteiger partial charge in [-0.15, -0.1) is 0 Å². The maximum absolute atomic E-state index is 11.8. The smallest absolute Gasteiger partial charge is 0.307 e. The van der Waals surface area contributed by atoms with Gasteiger partial charge in [0, 0.05) is 13.7 Å². The van der Waals surface area contributed by atoms with Gasteiger partial charge in [0.25, 0.3) is 0 Å². The first-order valence-electron chi connectivity index (χ1n) is 5.53. The van der Waals surface area contributed by atoms with Gasteiger partial charge in [0.2, 0.25) is 5.91 Å². The molecule has 0 atom stereocenters. The summed E-state index contributed by atoms with van der Waals surface area (Å²) in [7, 11) is 2.76. The number of rotatable bonds is 7. The van der Waals surface area contributed by atoms with E-state index in [4.69, 9.17) is 9.15 Å². The van der Waals surface area contributed by atoms with Crippen molar-refractivity contribution in [1.82, 2.24) is 4.90 Å². The van der Waals surface area contributed by atoms with Crippen molar-refractivity contribution in [3.8, 4) is 0 Å². The summed E-state index contributed by atoms with van der Waals surface area (Å²) in [5.41, 5.74) is 0. The number of nitrogens with zero attached hydrogens (tertiary/aromatic N) is 1. The van der Waals surface area contributed by atoms with Gasteiger partial charge >= 0.3 is 5.97 Å². The SMILES string of the molecule is COCC(=O)N(CCC(=O)OC)Cc1ccco1. The molecule has 1 aromatic rings. The van der Waals surface area contributed by atoms with Gasteiger partial charge in [0.1, 0.15) is 12.4 Å². The van der Waals surface area contributed by atoms with Crippen molar-refractivity contribution in [2.45, 2.75) is 13.0 Å². The zero-order valence-corrected chi connectivity index (χ0v) is 10.5. The third-order valence-electron chi connectivity index (χ3n) is 2.36. The van der Waals surface area contributed by atoms with Crippen LogP contribution in [-0.2, 0) is 25.6 Å². The molecule has 0 aliphatic carbocycles. The fraction of sp³-hybridized carbons (Fsp3) is 0.500. The highest BCUT2D eigenvalue weighted by molar-refractivity contribution is 5.78. The average molecular weight is 255 g/mol. The second-order valence-corrected chi connectivity index (χ2v) is 3.65. The molecule has 0 fully saturated rings. The lowest BCUT2D eigenvalue weighted by molar-refractivity contribution is -0.142. The Bertz CT molecular complexity index is 374. The standard InChI is InChI=1S/C12H17NO5/c1-16-9-11(14)13(6-5-12(15)17-2)8-10-4-3-7-18-10/h3-4,7H,5-6,8-9H2,1-2H3. The number of amides is 1. The van der Waals surface area contributed by atoms with E-state index in [1.54, 1.807) is 12.1 Å². The molecule has 0 aliphatic rings. The predicted octanol–water partition coefficient (Wildman–Crippen LogP) is 0.818. The molecule has 1 aromatic heterocycles. The molecule has 6 nitrogen and oxygen atoms in total. The summed E-state index contributed by atoms with van der Waals surface area (Å²) >= 11 is 0. The monoisotopic (exact) mass is 255 g/mol. The van der Waals surface area contributed by atoms with E-state index in [0.717, 1.165) is 0 Å². The summed E-state index contributed by atoms with van der Waals surface area (Å²) in [5, 5.41) is 0. The second-order valence-electron chi connectivity index (χ2n) is 3.65. The molecule has 6 heteroatoms. The number of furan rings is 1. The van der Waals surface area contributed by atoms with Crippen molar-refractivity contribution in [1.29, 1.82) is 0 Å². The van der Waals surface area contributed by atoms with Crippen LogP contribution in [-0.4, -0.2) is 44.1 Å². The van der Waals surface area contributed by atoms with Gasteiger partial charge < -0.3 is 18.8 Å². The highest BCUT2D eigenvalue weighted by Gasteiger charge is 2.16. The Morgan fingerprint density at radius 3 is 2.72 bits per heavy atom. The van der Waals surface area contributed by atoms with Crippen LogP contribution in [0.15, 0.2) is 22.8 Å². The van der Waals surface area contributed by atoms with E-state index in [-0.39, 0.29) is 31.4 Å². The minimum absolute atomic E-state index is 0.0259. The Morgan fingerprint density at radius 1 is 1.39 bits per heavy atom. The third kappa shape index (κ3) is 4.58. The maximum Gasteiger partial charge on any atom is 0.307 e. The number of carbonyl (C=O) groups excluding carboxylic acids is 2. The first kappa shape index (κ1) is 14.2. The van der Waals surface area contributed by atoms with Gasteiger partial charge in [-0.05, 0) is 12.1 Å². The van der Waals surface area contributed by atoms with E-state index in [2.05, 4.69) is 4.74 Å². The Kier molecular flexibility index (Phi) is 5.93. The van der Waals surface area contributed by atoms with Crippen LogP contribution in [0.5, 0.6) is 0 Å². The van der Waals surface area contributed by atoms with Crippen LogP contribution >= 0.6 is 0 Å². The summed E-state index contributed by atoms with van der Waals surface area (Å²) < 4.78 is 14.5. The zero-order chi connectivity index (χ0) is 13.4. The number of carbonyl (C=O) groups is 2.